The largest absolute Gasteiger partial charge is 0.332 e. The van der Waals surface area contributed by atoms with Gasteiger partial charge in [0, 0.05) is 36.9 Å². The van der Waals surface area contributed by atoms with Crippen molar-refractivity contribution >= 4 is 0 Å². The molecule has 1 aromatic rings. The number of likely N-dealkylation sites (tertiary alicyclic amines) is 2. The number of rotatable bonds is 5. The number of imidazole rings is 1. The Morgan fingerprint density at radius 1 is 1.09 bits per heavy atom. The average molecular weight is 304 g/mol. The van der Waals surface area contributed by atoms with Crippen LogP contribution in [0.25, 0.3) is 0 Å². The molecule has 22 heavy (non-hydrogen) atoms. The molecule has 124 valence electrons. The zero-order valence-corrected chi connectivity index (χ0v) is 14.5. The van der Waals surface area contributed by atoms with Gasteiger partial charge < -0.3 is 9.47 Å². The number of hydrogen-bond acceptors (Lipinski definition) is 3. The van der Waals surface area contributed by atoms with Gasteiger partial charge in [0.2, 0.25) is 0 Å². The summed E-state index contributed by atoms with van der Waals surface area (Å²) in [5.41, 5.74) is 0. The summed E-state index contributed by atoms with van der Waals surface area (Å²) in [6.07, 6.45) is 9.42. The van der Waals surface area contributed by atoms with E-state index < -0.39 is 0 Å². The first-order chi connectivity index (χ1) is 10.6. The van der Waals surface area contributed by atoms with Gasteiger partial charge in [0.05, 0.1) is 0 Å². The van der Waals surface area contributed by atoms with Gasteiger partial charge in [0.25, 0.3) is 0 Å². The SMILES string of the molecule is CC(C)n1ccnc1C1CCN(C[C@@H](C)N2CCCC2)CC1. The van der Waals surface area contributed by atoms with E-state index >= 15 is 0 Å². The van der Waals surface area contributed by atoms with Crippen LogP contribution in [0.3, 0.4) is 0 Å². The number of aromatic nitrogens is 2. The van der Waals surface area contributed by atoms with Crippen LogP contribution in [0, 0.1) is 0 Å². The normalized spacial score (nSPS) is 23.5. The van der Waals surface area contributed by atoms with E-state index in [0.29, 0.717) is 12.0 Å². The second kappa shape index (κ2) is 7.14. The van der Waals surface area contributed by atoms with Gasteiger partial charge in [-0.3, -0.25) is 4.90 Å². The van der Waals surface area contributed by atoms with Crippen LogP contribution in [0.4, 0.5) is 0 Å². The van der Waals surface area contributed by atoms with Gasteiger partial charge in [-0.25, -0.2) is 4.98 Å². The summed E-state index contributed by atoms with van der Waals surface area (Å²) in [6.45, 7) is 13.2. The Bertz CT molecular complexity index is 453. The molecule has 4 heteroatoms. The molecule has 1 atom stereocenters. The van der Waals surface area contributed by atoms with Crippen LogP contribution in [-0.4, -0.2) is 58.1 Å². The van der Waals surface area contributed by atoms with Crippen LogP contribution in [0.2, 0.25) is 0 Å². The minimum absolute atomic E-state index is 0.519. The summed E-state index contributed by atoms with van der Waals surface area (Å²) in [6, 6.07) is 1.24. The first-order valence-corrected chi connectivity index (χ1v) is 9.14. The van der Waals surface area contributed by atoms with Crippen molar-refractivity contribution in [3.05, 3.63) is 18.2 Å². The van der Waals surface area contributed by atoms with Crippen LogP contribution in [-0.2, 0) is 0 Å². The van der Waals surface area contributed by atoms with Gasteiger partial charge in [0.15, 0.2) is 0 Å². The minimum Gasteiger partial charge on any atom is -0.332 e. The molecule has 3 rings (SSSR count). The topological polar surface area (TPSA) is 24.3 Å². The van der Waals surface area contributed by atoms with Crippen LogP contribution < -0.4 is 0 Å². The third-order valence-electron chi connectivity index (χ3n) is 5.49. The lowest BCUT2D eigenvalue weighted by molar-refractivity contribution is 0.144. The van der Waals surface area contributed by atoms with Gasteiger partial charge in [0.1, 0.15) is 5.82 Å². The standard InChI is InChI=1S/C18H32N4/c1-15(2)22-13-8-19-18(22)17-6-11-20(12-7-17)14-16(3)21-9-4-5-10-21/h8,13,15-17H,4-7,9-12,14H2,1-3H3/t16-/m1/s1. The first-order valence-electron chi connectivity index (χ1n) is 9.14. The van der Waals surface area contributed by atoms with Crippen LogP contribution >= 0.6 is 0 Å². The van der Waals surface area contributed by atoms with Gasteiger partial charge >= 0.3 is 0 Å². The molecule has 4 nitrogen and oxygen atoms in total. The monoisotopic (exact) mass is 304 g/mol. The van der Waals surface area contributed by atoms with Crippen molar-refractivity contribution in [2.24, 2.45) is 0 Å². The quantitative estimate of drug-likeness (QED) is 0.835. The molecule has 2 aliphatic rings. The van der Waals surface area contributed by atoms with Crippen molar-refractivity contribution in [1.82, 2.24) is 19.4 Å². The maximum atomic E-state index is 4.65. The molecule has 0 spiro atoms. The summed E-state index contributed by atoms with van der Waals surface area (Å²) in [4.78, 5) is 9.98. The Morgan fingerprint density at radius 3 is 2.41 bits per heavy atom. The maximum Gasteiger partial charge on any atom is 0.112 e. The zero-order valence-electron chi connectivity index (χ0n) is 14.5. The van der Waals surface area contributed by atoms with Gasteiger partial charge in [-0.15, -0.1) is 0 Å². The fraction of sp³-hybridized carbons (Fsp3) is 0.833. The van der Waals surface area contributed by atoms with Crippen LogP contribution in [0.1, 0.15) is 64.2 Å². The molecule has 2 aliphatic heterocycles. The lowest BCUT2D eigenvalue weighted by atomic mass is 9.95. The van der Waals surface area contributed by atoms with Crippen molar-refractivity contribution in [1.29, 1.82) is 0 Å². The Morgan fingerprint density at radius 2 is 1.77 bits per heavy atom. The van der Waals surface area contributed by atoms with Gasteiger partial charge in [-0.1, -0.05) is 0 Å². The summed E-state index contributed by atoms with van der Waals surface area (Å²) in [5, 5.41) is 0. The second-order valence-electron chi connectivity index (χ2n) is 7.45. The highest BCUT2D eigenvalue weighted by molar-refractivity contribution is 5.03. The summed E-state index contributed by atoms with van der Waals surface area (Å²) < 4.78 is 2.35. The molecule has 0 N–H and O–H groups in total. The predicted octanol–water partition coefficient (Wildman–Crippen LogP) is 3.13. The minimum atomic E-state index is 0.519. The molecule has 1 aromatic heterocycles. The molecule has 2 fully saturated rings. The average Bonchev–Trinajstić information content (AvgIpc) is 3.19. The van der Waals surface area contributed by atoms with Gasteiger partial charge in [-0.05, 0) is 72.6 Å². The molecule has 0 bridgehead atoms. The molecule has 0 radical (unpaired) electrons. The molecule has 0 amide bonds. The van der Waals surface area contributed by atoms with Gasteiger partial charge in [-0.2, -0.15) is 0 Å². The van der Waals surface area contributed by atoms with E-state index in [9.17, 15) is 0 Å². The third kappa shape index (κ3) is 3.54. The molecule has 3 heterocycles. The Labute approximate surface area is 135 Å². The number of nitrogens with zero attached hydrogens (tertiary/aromatic N) is 4. The number of hydrogen-bond donors (Lipinski definition) is 0. The Kier molecular flexibility index (Phi) is 5.19. The van der Waals surface area contributed by atoms with E-state index in [1.807, 2.05) is 6.20 Å². The van der Waals surface area contributed by atoms with E-state index in [0.717, 1.165) is 6.04 Å². The molecule has 0 aliphatic carbocycles. The molecule has 0 saturated carbocycles. The first kappa shape index (κ1) is 16.0. The second-order valence-corrected chi connectivity index (χ2v) is 7.45. The highest BCUT2D eigenvalue weighted by Crippen LogP contribution is 2.28. The van der Waals surface area contributed by atoms with Crippen molar-refractivity contribution in [3.8, 4) is 0 Å². The lowest BCUT2D eigenvalue weighted by Crippen LogP contribution is -2.44. The Balaban J connectivity index is 1.50. The maximum absolute atomic E-state index is 4.65. The Hall–Kier alpha value is -0.870. The van der Waals surface area contributed by atoms with E-state index in [1.165, 1.54) is 64.2 Å². The molecule has 0 aromatic carbocycles. The van der Waals surface area contributed by atoms with E-state index in [4.69, 9.17) is 0 Å². The highest BCUT2D eigenvalue weighted by Gasteiger charge is 2.26. The van der Waals surface area contributed by atoms with Crippen molar-refractivity contribution in [2.75, 3.05) is 32.7 Å². The van der Waals surface area contributed by atoms with Crippen molar-refractivity contribution < 1.29 is 0 Å². The summed E-state index contributed by atoms with van der Waals surface area (Å²) >= 11 is 0. The van der Waals surface area contributed by atoms with E-state index in [2.05, 4.69) is 46.3 Å². The highest BCUT2D eigenvalue weighted by atomic mass is 15.2. The fourth-order valence-corrected chi connectivity index (χ4v) is 4.12. The van der Waals surface area contributed by atoms with Crippen molar-refractivity contribution in [2.45, 2.75) is 64.5 Å². The lowest BCUT2D eigenvalue weighted by Gasteiger charge is -2.36. The predicted molar refractivity (Wildman–Crippen MR) is 91.3 cm³/mol. The smallest absolute Gasteiger partial charge is 0.112 e. The summed E-state index contributed by atoms with van der Waals surface area (Å²) in [7, 11) is 0. The fourth-order valence-electron chi connectivity index (χ4n) is 4.12. The van der Waals surface area contributed by atoms with Crippen LogP contribution in [0.5, 0.6) is 0 Å². The zero-order chi connectivity index (χ0) is 15.5. The van der Waals surface area contributed by atoms with Crippen molar-refractivity contribution in [3.63, 3.8) is 0 Å². The van der Waals surface area contributed by atoms with Crippen LogP contribution in [0.15, 0.2) is 12.4 Å². The summed E-state index contributed by atoms with van der Waals surface area (Å²) in [5.74, 6) is 1.96. The van der Waals surface area contributed by atoms with E-state index in [-0.39, 0.29) is 0 Å². The molecular weight excluding hydrogens is 272 g/mol. The number of piperidine rings is 1. The third-order valence-corrected chi connectivity index (χ3v) is 5.49. The van der Waals surface area contributed by atoms with E-state index in [1.54, 1.807) is 0 Å². The molecule has 2 saturated heterocycles. The molecule has 0 unspecified atom stereocenters. The molecular formula is C18H32N4.